The van der Waals surface area contributed by atoms with Crippen LogP contribution < -0.4 is 0 Å². The first-order valence-corrected chi connectivity index (χ1v) is 16.3. The molecule has 45 heavy (non-hydrogen) atoms. The number of ether oxygens (including phenoxy) is 4. The third-order valence-electron chi connectivity index (χ3n) is 12.9. The zero-order valence-corrected chi connectivity index (χ0v) is 26.0. The molecular weight excluding hydrogens is 592 g/mol. The topological polar surface area (TPSA) is 216 Å². The molecule has 4 saturated carbocycles. The molecule has 0 unspecified atom stereocenters. The first-order chi connectivity index (χ1) is 21.2. The molecule has 2 aliphatic heterocycles. The van der Waals surface area contributed by atoms with E-state index in [0.29, 0.717) is 25.7 Å². The van der Waals surface area contributed by atoms with Crippen LogP contribution in [0, 0.1) is 28.1 Å². The Morgan fingerprint density at radius 2 is 1.38 bits per heavy atom. The lowest BCUT2D eigenvalue weighted by Crippen LogP contribution is -2.63. The van der Waals surface area contributed by atoms with Crippen LogP contribution in [-0.4, -0.2) is 127 Å². The second-order valence-corrected chi connectivity index (χ2v) is 15.2. The first-order valence-electron chi connectivity index (χ1n) is 16.3. The van der Waals surface area contributed by atoms with Gasteiger partial charge in [-0.2, -0.15) is 0 Å². The number of aliphatic hydroxyl groups is 8. The summed E-state index contributed by atoms with van der Waals surface area (Å²) in [5.74, 6) is -0.348. The minimum absolute atomic E-state index is 0.0421. The third-order valence-corrected chi connectivity index (χ3v) is 12.9. The minimum atomic E-state index is -1.67. The lowest BCUT2D eigenvalue weighted by molar-refractivity contribution is -0.327. The van der Waals surface area contributed by atoms with Crippen molar-refractivity contribution in [2.45, 2.75) is 139 Å². The van der Waals surface area contributed by atoms with Gasteiger partial charge >= 0.3 is 5.97 Å². The largest absolute Gasteiger partial charge is 0.432 e. The maximum atomic E-state index is 13.9. The van der Waals surface area contributed by atoms with Crippen LogP contribution in [0.3, 0.4) is 0 Å². The van der Waals surface area contributed by atoms with E-state index >= 15 is 0 Å². The second kappa shape index (κ2) is 11.7. The fourth-order valence-electron chi connectivity index (χ4n) is 10.5. The van der Waals surface area contributed by atoms with Crippen LogP contribution in [0.2, 0.25) is 0 Å². The Kier molecular flexibility index (Phi) is 8.77. The SMILES string of the molecule is C=C1C[C@@]23CC[C@H]4[C@@](C)(CCC[C@]4(C)C(=O)O[C@@H]4O[C@H](CO)[C@@H](O)[C@H](O)[C@@H]4O)[C@@H]2CC[C@@]1(O[C@@H]1O[C@H](CO)[C@@H](O)[C@H](O)[C@H]1O)C3. The number of carbonyl (C=O) groups is 1. The molecular formula is C32H50O13. The first kappa shape index (κ1) is 33.7. The summed E-state index contributed by atoms with van der Waals surface area (Å²) in [6.07, 6.45) is -7.82. The Labute approximate surface area is 262 Å². The molecule has 0 aromatic rings. The monoisotopic (exact) mass is 642 g/mol. The number of aliphatic hydroxyl groups excluding tert-OH is 8. The van der Waals surface area contributed by atoms with Crippen molar-refractivity contribution >= 4 is 5.97 Å². The van der Waals surface area contributed by atoms with Gasteiger partial charge in [0, 0.05) is 0 Å². The molecule has 2 heterocycles. The number of carbonyl (C=O) groups excluding carboxylic acids is 1. The van der Waals surface area contributed by atoms with Gasteiger partial charge in [0.2, 0.25) is 6.29 Å². The molecule has 0 amide bonds. The molecule has 2 saturated heterocycles. The summed E-state index contributed by atoms with van der Waals surface area (Å²) < 4.78 is 23.4. The van der Waals surface area contributed by atoms with E-state index in [1.807, 2.05) is 6.92 Å². The van der Waals surface area contributed by atoms with Crippen molar-refractivity contribution in [2.75, 3.05) is 13.2 Å². The highest BCUT2D eigenvalue weighted by molar-refractivity contribution is 5.77. The van der Waals surface area contributed by atoms with E-state index in [-0.39, 0.29) is 22.7 Å². The van der Waals surface area contributed by atoms with Crippen molar-refractivity contribution in [2.24, 2.45) is 28.1 Å². The van der Waals surface area contributed by atoms with Gasteiger partial charge in [0.05, 0.1) is 24.2 Å². The smallest absolute Gasteiger partial charge is 0.314 e. The molecule has 6 aliphatic rings. The van der Waals surface area contributed by atoms with E-state index in [1.165, 1.54) is 0 Å². The molecule has 13 heteroatoms. The van der Waals surface area contributed by atoms with Crippen molar-refractivity contribution in [3.63, 3.8) is 0 Å². The van der Waals surface area contributed by atoms with Crippen molar-refractivity contribution in [1.82, 2.24) is 0 Å². The van der Waals surface area contributed by atoms with E-state index in [2.05, 4.69) is 13.5 Å². The van der Waals surface area contributed by atoms with Crippen molar-refractivity contribution in [3.8, 4) is 0 Å². The van der Waals surface area contributed by atoms with Crippen LogP contribution in [0.4, 0.5) is 0 Å². The van der Waals surface area contributed by atoms with Gasteiger partial charge in [-0.1, -0.05) is 19.9 Å². The highest BCUT2D eigenvalue weighted by Crippen LogP contribution is 2.73. The van der Waals surface area contributed by atoms with Crippen LogP contribution in [-0.2, 0) is 23.7 Å². The van der Waals surface area contributed by atoms with Crippen LogP contribution in [0.5, 0.6) is 0 Å². The summed E-state index contributed by atoms with van der Waals surface area (Å²) >= 11 is 0. The summed E-state index contributed by atoms with van der Waals surface area (Å²) in [4.78, 5) is 13.9. The average Bonchev–Trinajstić information content (AvgIpc) is 3.20. The third kappa shape index (κ3) is 5.04. The van der Waals surface area contributed by atoms with Gasteiger partial charge in [0.25, 0.3) is 0 Å². The predicted octanol–water partition coefficient (Wildman–Crippen LogP) is -0.762. The number of hydrogen-bond acceptors (Lipinski definition) is 13. The Hall–Kier alpha value is -1.23. The summed E-state index contributed by atoms with van der Waals surface area (Å²) in [6, 6.07) is 0. The molecule has 6 fully saturated rings. The summed E-state index contributed by atoms with van der Waals surface area (Å²) in [7, 11) is 0. The van der Waals surface area contributed by atoms with E-state index in [4.69, 9.17) is 18.9 Å². The van der Waals surface area contributed by atoms with Gasteiger partial charge in [-0.05, 0) is 86.5 Å². The summed E-state index contributed by atoms with van der Waals surface area (Å²) in [5.41, 5.74) is -1.20. The number of esters is 1. The van der Waals surface area contributed by atoms with Crippen molar-refractivity contribution < 1.29 is 64.6 Å². The number of hydrogen-bond donors (Lipinski definition) is 8. The van der Waals surface area contributed by atoms with Gasteiger partial charge in [-0.25, -0.2) is 0 Å². The van der Waals surface area contributed by atoms with Crippen LogP contribution in [0.25, 0.3) is 0 Å². The molecule has 0 radical (unpaired) electrons. The van der Waals surface area contributed by atoms with Gasteiger partial charge < -0.3 is 59.8 Å². The van der Waals surface area contributed by atoms with Crippen molar-refractivity contribution in [3.05, 3.63) is 12.2 Å². The van der Waals surface area contributed by atoms with Crippen LogP contribution in [0.15, 0.2) is 12.2 Å². The fourth-order valence-corrected chi connectivity index (χ4v) is 10.5. The normalized spacial score (nSPS) is 54.7. The van der Waals surface area contributed by atoms with Crippen LogP contribution >= 0.6 is 0 Å². The standard InChI is InChI=1S/C32H50O13/c1-15-11-31-9-5-18-29(2,7-4-8-30(18,3)28(41)44-26-24(39)22(37)20(35)16(12-33)42-26)19(31)6-10-32(15,14-31)45-27-25(40)23(38)21(36)17(13-34)43-27/h16-27,33-40H,1,4-14H2,2-3H3/t16-,17-,18+,19+,20-,21-,22+,23+,24+,25-,26+,27+,29-,30+,31-,32-/m1/s1. The molecule has 0 aromatic carbocycles. The quantitative estimate of drug-likeness (QED) is 0.102. The Balaban J connectivity index is 1.20. The Bertz CT molecular complexity index is 1150. The van der Waals surface area contributed by atoms with E-state index in [9.17, 15) is 45.6 Å². The minimum Gasteiger partial charge on any atom is -0.432 e. The predicted molar refractivity (Wildman–Crippen MR) is 154 cm³/mol. The van der Waals surface area contributed by atoms with Gasteiger partial charge in [0.15, 0.2) is 6.29 Å². The van der Waals surface area contributed by atoms with Gasteiger partial charge in [-0.3, -0.25) is 4.79 Å². The molecule has 4 aliphatic carbocycles. The lowest BCUT2D eigenvalue weighted by atomic mass is 9.41. The second-order valence-electron chi connectivity index (χ2n) is 15.2. The zero-order valence-electron chi connectivity index (χ0n) is 26.0. The van der Waals surface area contributed by atoms with Crippen molar-refractivity contribution in [1.29, 1.82) is 0 Å². The molecule has 13 nitrogen and oxygen atoms in total. The van der Waals surface area contributed by atoms with E-state index < -0.39 is 91.6 Å². The van der Waals surface area contributed by atoms with E-state index in [1.54, 1.807) is 0 Å². The molecule has 6 rings (SSSR count). The summed E-state index contributed by atoms with van der Waals surface area (Å²) in [6.45, 7) is 7.41. The summed E-state index contributed by atoms with van der Waals surface area (Å²) in [5, 5.41) is 81.4. The molecule has 1 spiro atoms. The zero-order chi connectivity index (χ0) is 32.7. The molecule has 2 bridgehead atoms. The van der Waals surface area contributed by atoms with Gasteiger partial charge in [-0.15, -0.1) is 0 Å². The Morgan fingerprint density at radius 3 is 2.00 bits per heavy atom. The van der Waals surface area contributed by atoms with E-state index in [0.717, 1.165) is 37.7 Å². The number of rotatable bonds is 6. The fraction of sp³-hybridized carbons (Fsp3) is 0.906. The Morgan fingerprint density at radius 1 is 0.800 bits per heavy atom. The highest BCUT2D eigenvalue weighted by atomic mass is 16.7. The van der Waals surface area contributed by atoms with Crippen LogP contribution in [0.1, 0.15) is 71.6 Å². The number of fused-ring (bicyclic) bond motifs is 3. The molecule has 256 valence electrons. The maximum absolute atomic E-state index is 13.9. The highest BCUT2D eigenvalue weighted by Gasteiger charge is 2.69. The molecule has 0 aromatic heterocycles. The lowest BCUT2D eigenvalue weighted by Gasteiger charge is -2.64. The maximum Gasteiger partial charge on any atom is 0.314 e. The molecule has 16 atom stereocenters. The average molecular weight is 643 g/mol. The van der Waals surface area contributed by atoms with Gasteiger partial charge in [0.1, 0.15) is 48.8 Å². The molecule has 8 N–H and O–H groups in total.